The third-order valence-electron chi connectivity index (χ3n) is 3.22. The van der Waals surface area contributed by atoms with Crippen molar-refractivity contribution < 1.29 is 0 Å². The van der Waals surface area contributed by atoms with E-state index in [-0.39, 0.29) is 0 Å². The van der Waals surface area contributed by atoms with Crippen molar-refractivity contribution in [2.45, 2.75) is 58.5 Å². The topological polar surface area (TPSA) is 15.3 Å². The lowest BCUT2D eigenvalue weighted by Crippen LogP contribution is -2.44. The summed E-state index contributed by atoms with van der Waals surface area (Å²) in [5.74, 6) is 0. The average Bonchev–Trinajstić information content (AvgIpc) is 2.17. The predicted molar refractivity (Wildman–Crippen MR) is 62.6 cm³/mol. The molecule has 0 aromatic rings. The number of nitrogens with zero attached hydrogens (tertiary/aromatic N) is 1. The first-order chi connectivity index (χ1) is 6.76. The van der Waals surface area contributed by atoms with Crippen molar-refractivity contribution in [1.82, 2.24) is 10.2 Å². The highest BCUT2D eigenvalue weighted by molar-refractivity contribution is 4.76. The SMILES string of the molecule is CCCN1CCC(C)NC(CC)CC1. The minimum absolute atomic E-state index is 0.694. The minimum atomic E-state index is 0.694. The highest BCUT2D eigenvalue weighted by atomic mass is 15.1. The lowest BCUT2D eigenvalue weighted by atomic mass is 10.1. The van der Waals surface area contributed by atoms with Crippen LogP contribution in [0.5, 0.6) is 0 Å². The molecule has 2 nitrogen and oxygen atoms in total. The van der Waals surface area contributed by atoms with Gasteiger partial charge in [0.25, 0.3) is 0 Å². The van der Waals surface area contributed by atoms with Crippen LogP contribution in [0.1, 0.15) is 46.5 Å². The summed E-state index contributed by atoms with van der Waals surface area (Å²) in [6, 6.07) is 1.43. The second kappa shape index (κ2) is 6.41. The van der Waals surface area contributed by atoms with E-state index in [9.17, 15) is 0 Å². The zero-order valence-corrected chi connectivity index (χ0v) is 10.1. The summed E-state index contributed by atoms with van der Waals surface area (Å²) in [4.78, 5) is 2.62. The lowest BCUT2D eigenvalue weighted by Gasteiger charge is -2.31. The molecule has 2 unspecified atom stereocenters. The molecular weight excluding hydrogens is 172 g/mol. The lowest BCUT2D eigenvalue weighted by molar-refractivity contribution is 0.213. The molecule has 2 atom stereocenters. The van der Waals surface area contributed by atoms with Gasteiger partial charge in [0.2, 0.25) is 0 Å². The summed E-state index contributed by atoms with van der Waals surface area (Å²) < 4.78 is 0. The van der Waals surface area contributed by atoms with Gasteiger partial charge in [0.1, 0.15) is 0 Å². The van der Waals surface area contributed by atoms with Crippen molar-refractivity contribution in [3.63, 3.8) is 0 Å². The van der Waals surface area contributed by atoms with Crippen LogP contribution in [-0.2, 0) is 0 Å². The summed E-state index contributed by atoms with van der Waals surface area (Å²) in [6.07, 6.45) is 5.18. The molecule has 0 amide bonds. The van der Waals surface area contributed by atoms with Crippen molar-refractivity contribution in [1.29, 1.82) is 0 Å². The first-order valence-corrected chi connectivity index (χ1v) is 6.24. The molecule has 1 aliphatic heterocycles. The van der Waals surface area contributed by atoms with Crippen LogP contribution in [0.15, 0.2) is 0 Å². The Kier molecular flexibility index (Phi) is 5.49. The fourth-order valence-corrected chi connectivity index (χ4v) is 2.26. The van der Waals surface area contributed by atoms with Gasteiger partial charge in [-0.25, -0.2) is 0 Å². The van der Waals surface area contributed by atoms with Gasteiger partial charge in [0, 0.05) is 12.1 Å². The Morgan fingerprint density at radius 2 is 1.93 bits per heavy atom. The normalized spacial score (nSPS) is 31.1. The Morgan fingerprint density at radius 3 is 2.57 bits per heavy atom. The number of rotatable bonds is 3. The Morgan fingerprint density at radius 1 is 1.21 bits per heavy atom. The molecule has 1 rings (SSSR count). The zero-order chi connectivity index (χ0) is 10.4. The van der Waals surface area contributed by atoms with Gasteiger partial charge >= 0.3 is 0 Å². The van der Waals surface area contributed by atoms with Crippen molar-refractivity contribution in [3.8, 4) is 0 Å². The van der Waals surface area contributed by atoms with Crippen LogP contribution in [0.25, 0.3) is 0 Å². The highest BCUT2D eigenvalue weighted by Crippen LogP contribution is 2.09. The smallest absolute Gasteiger partial charge is 0.00790 e. The summed E-state index contributed by atoms with van der Waals surface area (Å²) in [6.45, 7) is 10.7. The maximum Gasteiger partial charge on any atom is 0.00790 e. The highest BCUT2D eigenvalue weighted by Gasteiger charge is 2.16. The Hall–Kier alpha value is -0.0800. The van der Waals surface area contributed by atoms with Crippen molar-refractivity contribution >= 4 is 0 Å². The predicted octanol–water partition coefficient (Wildman–Crippen LogP) is 2.25. The summed E-state index contributed by atoms with van der Waals surface area (Å²) in [5, 5.41) is 3.70. The molecule has 0 bridgehead atoms. The molecular formula is C12H26N2. The van der Waals surface area contributed by atoms with E-state index < -0.39 is 0 Å². The summed E-state index contributed by atoms with van der Waals surface area (Å²) >= 11 is 0. The van der Waals surface area contributed by atoms with Crippen LogP contribution in [0.2, 0.25) is 0 Å². The molecule has 2 heteroatoms. The third-order valence-corrected chi connectivity index (χ3v) is 3.22. The molecule has 0 aromatic heterocycles. The number of nitrogens with one attached hydrogen (secondary N) is 1. The van der Waals surface area contributed by atoms with Crippen LogP contribution < -0.4 is 5.32 Å². The fraction of sp³-hybridized carbons (Fsp3) is 1.00. The molecule has 14 heavy (non-hydrogen) atoms. The van der Waals surface area contributed by atoms with E-state index in [1.165, 1.54) is 45.3 Å². The summed E-state index contributed by atoms with van der Waals surface area (Å²) in [5.41, 5.74) is 0. The molecule has 0 aromatic carbocycles. The number of hydrogen-bond acceptors (Lipinski definition) is 2. The van der Waals surface area contributed by atoms with Crippen LogP contribution in [0.4, 0.5) is 0 Å². The van der Waals surface area contributed by atoms with E-state index in [0.717, 1.165) is 6.04 Å². The van der Waals surface area contributed by atoms with Gasteiger partial charge in [-0.1, -0.05) is 13.8 Å². The summed E-state index contributed by atoms with van der Waals surface area (Å²) in [7, 11) is 0. The van der Waals surface area contributed by atoms with Crippen molar-refractivity contribution in [3.05, 3.63) is 0 Å². The minimum Gasteiger partial charge on any atom is -0.311 e. The van der Waals surface area contributed by atoms with Gasteiger partial charge in [0.15, 0.2) is 0 Å². The van der Waals surface area contributed by atoms with Crippen LogP contribution in [-0.4, -0.2) is 36.6 Å². The maximum absolute atomic E-state index is 3.70. The van der Waals surface area contributed by atoms with E-state index in [1.807, 2.05) is 0 Å². The molecule has 0 aliphatic carbocycles. The van der Waals surface area contributed by atoms with E-state index in [1.54, 1.807) is 0 Å². The van der Waals surface area contributed by atoms with Gasteiger partial charge in [-0.05, 0) is 52.2 Å². The van der Waals surface area contributed by atoms with Crippen LogP contribution >= 0.6 is 0 Å². The van der Waals surface area contributed by atoms with Crippen molar-refractivity contribution in [2.24, 2.45) is 0 Å². The fourth-order valence-electron chi connectivity index (χ4n) is 2.26. The van der Waals surface area contributed by atoms with E-state index >= 15 is 0 Å². The standard InChI is InChI=1S/C12H26N2/c1-4-8-14-9-6-11(3)13-12(5-2)7-10-14/h11-13H,4-10H2,1-3H3. The molecule has 1 aliphatic rings. The van der Waals surface area contributed by atoms with E-state index in [4.69, 9.17) is 0 Å². The zero-order valence-electron chi connectivity index (χ0n) is 10.1. The maximum atomic E-state index is 3.70. The Bertz CT molecular complexity index is 147. The number of hydrogen-bond donors (Lipinski definition) is 1. The van der Waals surface area contributed by atoms with Gasteiger partial charge in [0.05, 0.1) is 0 Å². The van der Waals surface area contributed by atoms with Crippen LogP contribution in [0, 0.1) is 0 Å². The van der Waals surface area contributed by atoms with Gasteiger partial charge in [-0.15, -0.1) is 0 Å². The Balaban J connectivity index is 2.38. The second-order valence-corrected chi connectivity index (χ2v) is 4.59. The van der Waals surface area contributed by atoms with E-state index in [2.05, 4.69) is 31.0 Å². The molecule has 1 heterocycles. The largest absolute Gasteiger partial charge is 0.311 e. The molecule has 0 spiro atoms. The molecule has 1 N–H and O–H groups in total. The quantitative estimate of drug-likeness (QED) is 0.748. The van der Waals surface area contributed by atoms with Gasteiger partial charge in [-0.2, -0.15) is 0 Å². The monoisotopic (exact) mass is 198 g/mol. The first-order valence-electron chi connectivity index (χ1n) is 6.24. The second-order valence-electron chi connectivity index (χ2n) is 4.59. The van der Waals surface area contributed by atoms with Gasteiger partial charge in [-0.3, -0.25) is 0 Å². The molecule has 1 fully saturated rings. The molecule has 0 saturated carbocycles. The first kappa shape index (κ1) is 12.0. The van der Waals surface area contributed by atoms with E-state index in [0.29, 0.717) is 6.04 Å². The molecule has 1 saturated heterocycles. The molecule has 84 valence electrons. The molecule has 0 radical (unpaired) electrons. The van der Waals surface area contributed by atoms with Crippen LogP contribution in [0.3, 0.4) is 0 Å². The Labute approximate surface area is 89.1 Å². The third kappa shape index (κ3) is 3.97. The van der Waals surface area contributed by atoms with Gasteiger partial charge < -0.3 is 10.2 Å². The average molecular weight is 198 g/mol. The van der Waals surface area contributed by atoms with Crippen molar-refractivity contribution in [2.75, 3.05) is 19.6 Å².